The van der Waals surface area contributed by atoms with Crippen LogP contribution in [0.3, 0.4) is 0 Å². The van der Waals surface area contributed by atoms with Crippen molar-refractivity contribution in [1.82, 2.24) is 9.97 Å². The molecule has 1 aromatic carbocycles. The molecule has 0 radical (unpaired) electrons. The molecule has 20 heavy (non-hydrogen) atoms. The fraction of sp³-hybridized carbons (Fsp3) is 0.267. The van der Waals surface area contributed by atoms with E-state index in [0.717, 1.165) is 16.8 Å². The SMILES string of the molecule is Cc1ccc(-c2cc(NCCC(=O)O)ncn2)c(C)c1. The van der Waals surface area contributed by atoms with Crippen LogP contribution in [0.2, 0.25) is 0 Å². The standard InChI is InChI=1S/C15H17N3O2/c1-10-3-4-12(11(2)7-10)13-8-14(18-9-17-13)16-6-5-15(19)20/h3-4,7-9H,5-6H2,1-2H3,(H,19,20)(H,16,17,18). The van der Waals surface area contributed by atoms with Crippen LogP contribution in [0, 0.1) is 13.8 Å². The van der Waals surface area contributed by atoms with Gasteiger partial charge in [0, 0.05) is 18.2 Å². The number of carboxylic acid groups (broad SMARTS) is 1. The van der Waals surface area contributed by atoms with Crippen LogP contribution >= 0.6 is 0 Å². The number of benzene rings is 1. The van der Waals surface area contributed by atoms with Crippen molar-refractivity contribution >= 4 is 11.8 Å². The fourth-order valence-electron chi connectivity index (χ4n) is 2.00. The number of carbonyl (C=O) groups is 1. The van der Waals surface area contributed by atoms with E-state index >= 15 is 0 Å². The van der Waals surface area contributed by atoms with E-state index in [4.69, 9.17) is 5.11 Å². The lowest BCUT2D eigenvalue weighted by Gasteiger charge is -2.08. The Bertz CT molecular complexity index is 626. The minimum atomic E-state index is -0.832. The second-order valence-electron chi connectivity index (χ2n) is 4.68. The van der Waals surface area contributed by atoms with Gasteiger partial charge in [-0.2, -0.15) is 0 Å². The Morgan fingerprint density at radius 2 is 2.05 bits per heavy atom. The summed E-state index contributed by atoms with van der Waals surface area (Å²) >= 11 is 0. The molecule has 5 nitrogen and oxygen atoms in total. The van der Waals surface area contributed by atoms with Gasteiger partial charge in [0.2, 0.25) is 0 Å². The van der Waals surface area contributed by atoms with Crippen molar-refractivity contribution in [2.75, 3.05) is 11.9 Å². The van der Waals surface area contributed by atoms with Crippen LogP contribution in [0.25, 0.3) is 11.3 Å². The summed E-state index contributed by atoms with van der Waals surface area (Å²) in [5.74, 6) is -0.197. The van der Waals surface area contributed by atoms with Crippen LogP contribution in [-0.2, 0) is 4.79 Å². The Morgan fingerprint density at radius 3 is 2.75 bits per heavy atom. The van der Waals surface area contributed by atoms with Gasteiger partial charge in [0.25, 0.3) is 0 Å². The van der Waals surface area contributed by atoms with E-state index < -0.39 is 5.97 Å². The van der Waals surface area contributed by atoms with Crippen LogP contribution < -0.4 is 5.32 Å². The average Bonchev–Trinajstić information content (AvgIpc) is 2.38. The Kier molecular flexibility index (Phi) is 4.30. The minimum absolute atomic E-state index is 0.0584. The highest BCUT2D eigenvalue weighted by molar-refractivity contribution is 5.68. The summed E-state index contributed by atoms with van der Waals surface area (Å²) in [6.07, 6.45) is 1.54. The van der Waals surface area contributed by atoms with Gasteiger partial charge in [-0.25, -0.2) is 9.97 Å². The van der Waals surface area contributed by atoms with E-state index in [1.54, 1.807) is 0 Å². The summed E-state index contributed by atoms with van der Waals surface area (Å²) in [4.78, 5) is 18.9. The molecular formula is C15H17N3O2. The monoisotopic (exact) mass is 271 g/mol. The van der Waals surface area contributed by atoms with Crippen LogP contribution in [0.1, 0.15) is 17.5 Å². The van der Waals surface area contributed by atoms with E-state index in [1.165, 1.54) is 11.9 Å². The summed E-state index contributed by atoms with van der Waals surface area (Å²) in [7, 11) is 0. The number of aryl methyl sites for hydroxylation is 2. The number of aromatic nitrogens is 2. The molecule has 0 bridgehead atoms. The quantitative estimate of drug-likeness (QED) is 0.874. The maximum Gasteiger partial charge on any atom is 0.305 e. The van der Waals surface area contributed by atoms with Gasteiger partial charge in [0.15, 0.2) is 0 Å². The summed E-state index contributed by atoms with van der Waals surface area (Å²) in [6, 6.07) is 8.02. The van der Waals surface area contributed by atoms with Gasteiger partial charge in [0.1, 0.15) is 12.1 Å². The smallest absolute Gasteiger partial charge is 0.305 e. The predicted molar refractivity (Wildman–Crippen MR) is 77.7 cm³/mol. The second-order valence-corrected chi connectivity index (χ2v) is 4.68. The maximum absolute atomic E-state index is 10.5. The van der Waals surface area contributed by atoms with Crippen molar-refractivity contribution < 1.29 is 9.90 Å². The third-order valence-electron chi connectivity index (χ3n) is 2.97. The van der Waals surface area contributed by atoms with Crippen LogP contribution in [-0.4, -0.2) is 27.6 Å². The number of aliphatic carboxylic acids is 1. The fourth-order valence-corrected chi connectivity index (χ4v) is 2.00. The number of rotatable bonds is 5. The number of hydrogen-bond donors (Lipinski definition) is 2. The molecule has 0 amide bonds. The second kappa shape index (κ2) is 6.14. The van der Waals surface area contributed by atoms with Crippen molar-refractivity contribution in [3.05, 3.63) is 41.7 Å². The molecule has 5 heteroatoms. The summed E-state index contributed by atoms with van der Waals surface area (Å²) in [6.45, 7) is 4.44. The zero-order chi connectivity index (χ0) is 14.5. The van der Waals surface area contributed by atoms with E-state index in [-0.39, 0.29) is 6.42 Å². The van der Waals surface area contributed by atoms with Crippen LogP contribution in [0.15, 0.2) is 30.6 Å². The van der Waals surface area contributed by atoms with Crippen molar-refractivity contribution in [3.63, 3.8) is 0 Å². The van der Waals surface area contributed by atoms with E-state index in [0.29, 0.717) is 12.4 Å². The number of carboxylic acids is 1. The first kappa shape index (κ1) is 14.0. The first-order valence-corrected chi connectivity index (χ1v) is 6.41. The molecule has 2 aromatic rings. The minimum Gasteiger partial charge on any atom is -0.481 e. The van der Waals surface area contributed by atoms with Gasteiger partial charge in [-0.1, -0.05) is 23.8 Å². The maximum atomic E-state index is 10.5. The van der Waals surface area contributed by atoms with Gasteiger partial charge >= 0.3 is 5.97 Å². The summed E-state index contributed by atoms with van der Waals surface area (Å²) in [5, 5.41) is 11.6. The first-order chi connectivity index (χ1) is 9.56. The number of hydrogen-bond acceptors (Lipinski definition) is 4. The van der Waals surface area contributed by atoms with Gasteiger partial charge in [-0.05, 0) is 19.4 Å². The Labute approximate surface area is 117 Å². The number of anilines is 1. The molecule has 2 rings (SSSR count). The number of nitrogens with one attached hydrogen (secondary N) is 1. The van der Waals surface area contributed by atoms with Gasteiger partial charge in [0.05, 0.1) is 12.1 Å². The van der Waals surface area contributed by atoms with Crippen LogP contribution in [0.4, 0.5) is 5.82 Å². The third-order valence-corrected chi connectivity index (χ3v) is 2.97. The van der Waals surface area contributed by atoms with Crippen molar-refractivity contribution in [2.45, 2.75) is 20.3 Å². The summed E-state index contributed by atoms with van der Waals surface area (Å²) in [5.41, 5.74) is 4.25. The number of nitrogens with zero attached hydrogens (tertiary/aromatic N) is 2. The van der Waals surface area contributed by atoms with Crippen molar-refractivity contribution in [2.24, 2.45) is 0 Å². The van der Waals surface area contributed by atoms with E-state index in [2.05, 4.69) is 28.3 Å². The molecular weight excluding hydrogens is 254 g/mol. The highest BCUT2D eigenvalue weighted by atomic mass is 16.4. The zero-order valence-corrected chi connectivity index (χ0v) is 11.6. The van der Waals surface area contributed by atoms with Gasteiger partial charge < -0.3 is 10.4 Å². The van der Waals surface area contributed by atoms with E-state index in [9.17, 15) is 4.79 Å². The lowest BCUT2D eigenvalue weighted by atomic mass is 10.0. The zero-order valence-electron chi connectivity index (χ0n) is 11.6. The molecule has 0 unspecified atom stereocenters. The van der Waals surface area contributed by atoms with Crippen molar-refractivity contribution in [3.8, 4) is 11.3 Å². The third kappa shape index (κ3) is 3.54. The molecule has 104 valence electrons. The molecule has 1 heterocycles. The van der Waals surface area contributed by atoms with Gasteiger partial charge in [-0.3, -0.25) is 4.79 Å². The molecule has 0 fully saturated rings. The predicted octanol–water partition coefficient (Wildman–Crippen LogP) is 2.65. The Hall–Kier alpha value is -2.43. The Morgan fingerprint density at radius 1 is 1.25 bits per heavy atom. The highest BCUT2D eigenvalue weighted by Crippen LogP contribution is 2.23. The lowest BCUT2D eigenvalue weighted by Crippen LogP contribution is -2.08. The van der Waals surface area contributed by atoms with Gasteiger partial charge in [-0.15, -0.1) is 0 Å². The average molecular weight is 271 g/mol. The highest BCUT2D eigenvalue weighted by Gasteiger charge is 2.05. The molecule has 0 saturated heterocycles. The van der Waals surface area contributed by atoms with Crippen molar-refractivity contribution in [1.29, 1.82) is 0 Å². The molecule has 0 aliphatic heterocycles. The van der Waals surface area contributed by atoms with E-state index in [1.807, 2.05) is 25.1 Å². The molecule has 0 spiro atoms. The molecule has 0 aliphatic carbocycles. The molecule has 0 atom stereocenters. The lowest BCUT2D eigenvalue weighted by molar-refractivity contribution is -0.136. The molecule has 1 aromatic heterocycles. The summed E-state index contributed by atoms with van der Waals surface area (Å²) < 4.78 is 0. The van der Waals surface area contributed by atoms with Crippen LogP contribution in [0.5, 0.6) is 0 Å². The molecule has 0 aliphatic rings. The first-order valence-electron chi connectivity index (χ1n) is 6.41. The topological polar surface area (TPSA) is 75.1 Å². The Balaban J connectivity index is 2.18. The normalized spacial score (nSPS) is 10.3. The molecule has 2 N–H and O–H groups in total. The largest absolute Gasteiger partial charge is 0.481 e. The molecule has 0 saturated carbocycles.